The minimum absolute atomic E-state index is 0.155. The van der Waals surface area contributed by atoms with Crippen LogP contribution < -0.4 is 5.32 Å². The zero-order valence-corrected chi connectivity index (χ0v) is 20.4. The number of nitrogens with one attached hydrogen (secondary N) is 1. The van der Waals surface area contributed by atoms with Crippen LogP contribution in [0.15, 0.2) is 78.9 Å². The first kappa shape index (κ1) is 20.6. The van der Waals surface area contributed by atoms with Crippen molar-refractivity contribution in [1.82, 2.24) is 0 Å². The van der Waals surface area contributed by atoms with Crippen LogP contribution in [0.3, 0.4) is 0 Å². The molecule has 0 amide bonds. The van der Waals surface area contributed by atoms with E-state index in [0.29, 0.717) is 0 Å². The van der Waals surface area contributed by atoms with E-state index in [4.69, 9.17) is 11.6 Å². The summed E-state index contributed by atoms with van der Waals surface area (Å²) in [7, 11) is 0. The van der Waals surface area contributed by atoms with Crippen molar-refractivity contribution in [3.05, 3.63) is 95.0 Å². The lowest BCUT2D eigenvalue weighted by Gasteiger charge is -2.50. The molecule has 1 nitrogen and oxygen atoms in total. The van der Waals surface area contributed by atoms with Crippen LogP contribution in [0.2, 0.25) is 5.02 Å². The van der Waals surface area contributed by atoms with Gasteiger partial charge in [0.2, 0.25) is 0 Å². The average molecular weight is 464 g/mol. The van der Waals surface area contributed by atoms with E-state index < -0.39 is 0 Å². The number of fused-ring (bicyclic) bond motifs is 9. The molecular formula is C32H30ClN. The Hall–Kier alpha value is -2.77. The Balaban J connectivity index is 1.35. The second kappa shape index (κ2) is 7.62. The van der Waals surface area contributed by atoms with Gasteiger partial charge in [0, 0.05) is 16.5 Å². The lowest BCUT2D eigenvalue weighted by Crippen LogP contribution is -2.44. The Kier molecular flexibility index (Phi) is 4.61. The van der Waals surface area contributed by atoms with Crippen LogP contribution in [-0.4, -0.2) is 0 Å². The SMILES string of the molecule is CC1CC2CCC3(c4ccccc4-c4ccc(Nc5ccc6ccccc6c5Cl)cc43)C(C1)C2. The quantitative estimate of drug-likeness (QED) is 0.312. The fourth-order valence-electron chi connectivity index (χ4n) is 7.69. The van der Waals surface area contributed by atoms with Crippen LogP contribution >= 0.6 is 11.6 Å². The number of rotatable bonds is 2. The Bertz CT molecular complexity index is 1420. The van der Waals surface area contributed by atoms with Gasteiger partial charge in [0.1, 0.15) is 0 Å². The predicted octanol–water partition coefficient (Wildman–Crippen LogP) is 9.35. The van der Waals surface area contributed by atoms with E-state index in [9.17, 15) is 0 Å². The lowest BCUT2D eigenvalue weighted by atomic mass is 9.53. The van der Waals surface area contributed by atoms with Crippen molar-refractivity contribution < 1.29 is 0 Å². The molecule has 0 heterocycles. The highest BCUT2D eigenvalue weighted by molar-refractivity contribution is 6.38. The molecule has 4 aromatic rings. The van der Waals surface area contributed by atoms with E-state index >= 15 is 0 Å². The first-order valence-electron chi connectivity index (χ1n) is 12.8. The van der Waals surface area contributed by atoms with Gasteiger partial charge in [-0.1, -0.05) is 79.2 Å². The first-order valence-corrected chi connectivity index (χ1v) is 13.2. The number of hydrogen-bond acceptors (Lipinski definition) is 1. The maximum atomic E-state index is 6.85. The molecular weight excluding hydrogens is 434 g/mol. The van der Waals surface area contributed by atoms with E-state index in [1.165, 1.54) is 54.2 Å². The summed E-state index contributed by atoms with van der Waals surface area (Å²) in [5, 5.41) is 6.73. The summed E-state index contributed by atoms with van der Waals surface area (Å²) < 4.78 is 0. The van der Waals surface area contributed by atoms with Crippen molar-refractivity contribution in [3.63, 3.8) is 0 Å². The second-order valence-corrected chi connectivity index (χ2v) is 11.3. The summed E-state index contributed by atoms with van der Waals surface area (Å²) in [6.45, 7) is 2.47. The summed E-state index contributed by atoms with van der Waals surface area (Å²) in [5.41, 5.74) is 8.25. The summed E-state index contributed by atoms with van der Waals surface area (Å²) in [5.74, 6) is 2.47. The van der Waals surface area contributed by atoms with Crippen molar-refractivity contribution in [1.29, 1.82) is 0 Å². The van der Waals surface area contributed by atoms with Gasteiger partial charge < -0.3 is 5.32 Å². The molecule has 3 aliphatic carbocycles. The van der Waals surface area contributed by atoms with Gasteiger partial charge in [-0.05, 0) is 95.7 Å². The van der Waals surface area contributed by atoms with Crippen molar-refractivity contribution in [2.75, 3.05) is 5.32 Å². The average Bonchev–Trinajstić information content (AvgIpc) is 3.13. The lowest BCUT2D eigenvalue weighted by molar-refractivity contribution is 0.0856. The van der Waals surface area contributed by atoms with Gasteiger partial charge in [-0.2, -0.15) is 0 Å². The van der Waals surface area contributed by atoms with Crippen LogP contribution in [0.25, 0.3) is 21.9 Å². The number of halogens is 1. The molecule has 0 saturated heterocycles. The first-order chi connectivity index (χ1) is 16.6. The molecule has 34 heavy (non-hydrogen) atoms. The molecule has 2 saturated carbocycles. The highest BCUT2D eigenvalue weighted by Gasteiger charge is 2.52. The summed E-state index contributed by atoms with van der Waals surface area (Å²) in [6, 6.07) is 28.8. The summed E-state index contributed by atoms with van der Waals surface area (Å²) in [4.78, 5) is 0. The van der Waals surface area contributed by atoms with Gasteiger partial charge in [0.25, 0.3) is 0 Å². The van der Waals surface area contributed by atoms with Gasteiger partial charge >= 0.3 is 0 Å². The van der Waals surface area contributed by atoms with E-state index in [-0.39, 0.29) is 5.41 Å². The molecule has 3 aliphatic rings. The van der Waals surface area contributed by atoms with Crippen LogP contribution in [-0.2, 0) is 5.41 Å². The molecule has 170 valence electrons. The molecule has 0 radical (unpaired) electrons. The second-order valence-electron chi connectivity index (χ2n) is 11.0. The van der Waals surface area contributed by atoms with Gasteiger partial charge in [0.05, 0.1) is 10.7 Å². The molecule has 0 aromatic heterocycles. The standard InChI is InChI=1S/C32H30ClN/c1-20-16-21-14-15-32(23(17-20)18-21)28-9-5-4-8-26(28)27-12-11-24(19-29(27)32)34-30-13-10-22-6-2-3-7-25(22)31(30)33/h2-13,19-21,23,34H,14-18H2,1H3. The topological polar surface area (TPSA) is 12.0 Å². The largest absolute Gasteiger partial charge is 0.354 e. The molecule has 1 N–H and O–H groups in total. The zero-order valence-electron chi connectivity index (χ0n) is 19.7. The molecule has 2 fully saturated rings. The van der Waals surface area contributed by atoms with Gasteiger partial charge in [-0.15, -0.1) is 0 Å². The predicted molar refractivity (Wildman–Crippen MR) is 144 cm³/mol. The molecule has 1 spiro atoms. The maximum Gasteiger partial charge on any atom is 0.0719 e. The summed E-state index contributed by atoms with van der Waals surface area (Å²) in [6.07, 6.45) is 6.77. The molecule has 4 aromatic carbocycles. The van der Waals surface area contributed by atoms with Crippen LogP contribution in [0.4, 0.5) is 11.4 Å². The third-order valence-corrected chi connectivity index (χ3v) is 9.43. The zero-order chi connectivity index (χ0) is 22.9. The minimum atomic E-state index is 0.155. The molecule has 4 atom stereocenters. The van der Waals surface area contributed by atoms with Gasteiger partial charge in [-0.3, -0.25) is 0 Å². The monoisotopic (exact) mass is 463 g/mol. The molecule has 2 bridgehead atoms. The van der Waals surface area contributed by atoms with E-state index in [2.05, 4.69) is 91.1 Å². The Morgan fingerprint density at radius 3 is 2.59 bits per heavy atom. The normalized spacial score (nSPS) is 26.9. The van der Waals surface area contributed by atoms with E-state index in [1.807, 2.05) is 0 Å². The Morgan fingerprint density at radius 2 is 1.65 bits per heavy atom. The van der Waals surface area contributed by atoms with Crippen LogP contribution in [0.5, 0.6) is 0 Å². The van der Waals surface area contributed by atoms with Crippen molar-refractivity contribution in [2.45, 2.75) is 44.4 Å². The van der Waals surface area contributed by atoms with Gasteiger partial charge in [-0.25, -0.2) is 0 Å². The van der Waals surface area contributed by atoms with Crippen LogP contribution in [0, 0.1) is 17.8 Å². The van der Waals surface area contributed by atoms with Crippen molar-refractivity contribution in [3.8, 4) is 11.1 Å². The number of anilines is 2. The summed E-state index contributed by atoms with van der Waals surface area (Å²) >= 11 is 6.85. The van der Waals surface area contributed by atoms with Crippen molar-refractivity contribution in [2.24, 2.45) is 17.8 Å². The maximum absolute atomic E-state index is 6.85. The van der Waals surface area contributed by atoms with E-state index in [1.54, 1.807) is 5.56 Å². The Morgan fingerprint density at radius 1 is 0.824 bits per heavy atom. The highest BCUT2D eigenvalue weighted by Crippen LogP contribution is 2.62. The smallest absolute Gasteiger partial charge is 0.0719 e. The minimum Gasteiger partial charge on any atom is -0.354 e. The fourth-order valence-corrected chi connectivity index (χ4v) is 7.97. The number of benzene rings is 4. The molecule has 4 unspecified atom stereocenters. The van der Waals surface area contributed by atoms with Crippen molar-refractivity contribution >= 4 is 33.7 Å². The fraction of sp³-hybridized carbons (Fsp3) is 0.312. The third-order valence-electron chi connectivity index (χ3n) is 9.02. The highest BCUT2D eigenvalue weighted by atomic mass is 35.5. The molecule has 2 heteroatoms. The number of hydrogen-bond donors (Lipinski definition) is 1. The van der Waals surface area contributed by atoms with Gasteiger partial charge in [0.15, 0.2) is 0 Å². The van der Waals surface area contributed by atoms with E-state index in [0.717, 1.165) is 39.5 Å². The third kappa shape index (κ3) is 2.93. The molecule has 7 rings (SSSR count). The Labute approximate surface area is 207 Å². The van der Waals surface area contributed by atoms with Crippen LogP contribution in [0.1, 0.15) is 50.2 Å². The molecule has 0 aliphatic heterocycles.